The van der Waals surface area contributed by atoms with Crippen LogP contribution in [0.3, 0.4) is 0 Å². The van der Waals surface area contributed by atoms with E-state index in [2.05, 4.69) is 0 Å². The molecule has 2 heterocycles. The summed E-state index contributed by atoms with van der Waals surface area (Å²) in [5.74, 6) is 0.506. The Balaban J connectivity index is 1.73. The second kappa shape index (κ2) is 7.84. The maximum absolute atomic E-state index is 12.8. The number of hydroxylamine groups is 1. The van der Waals surface area contributed by atoms with Gasteiger partial charge in [-0.15, -0.1) is 0 Å². The van der Waals surface area contributed by atoms with Gasteiger partial charge in [-0.3, -0.25) is 14.8 Å². The van der Waals surface area contributed by atoms with Crippen LogP contribution in [0.5, 0.6) is 5.75 Å². The van der Waals surface area contributed by atoms with Gasteiger partial charge in [-0.2, -0.15) is 0 Å². The molecule has 7 heteroatoms. The third kappa shape index (κ3) is 4.11. The highest BCUT2D eigenvalue weighted by Crippen LogP contribution is 2.28. The number of nitrogens with zero attached hydrogens (tertiary/aromatic N) is 1. The third-order valence-corrected chi connectivity index (χ3v) is 4.91. The van der Waals surface area contributed by atoms with Crippen LogP contribution in [0.2, 0.25) is 0 Å². The minimum Gasteiger partial charge on any atom is -0.491 e. The van der Waals surface area contributed by atoms with Crippen molar-refractivity contribution in [3.8, 4) is 5.75 Å². The van der Waals surface area contributed by atoms with Crippen molar-refractivity contribution in [2.75, 3.05) is 19.8 Å². The molecular formula is C18H24N2O5. The van der Waals surface area contributed by atoms with Gasteiger partial charge in [-0.05, 0) is 37.8 Å². The number of carbonyl (C=O) groups excluding carboxylic acids is 2. The zero-order valence-corrected chi connectivity index (χ0v) is 14.4. The number of benzene rings is 1. The molecule has 0 aromatic heterocycles. The summed E-state index contributed by atoms with van der Waals surface area (Å²) in [4.78, 5) is 26.2. The normalized spacial score (nSPS) is 21.0. The van der Waals surface area contributed by atoms with Gasteiger partial charge in [0.05, 0.1) is 6.04 Å². The van der Waals surface area contributed by atoms with Crippen molar-refractivity contribution in [1.82, 2.24) is 10.4 Å². The summed E-state index contributed by atoms with van der Waals surface area (Å²) in [6, 6.07) is 4.94. The molecule has 1 fully saturated rings. The molecule has 2 aliphatic rings. The van der Waals surface area contributed by atoms with E-state index in [0.29, 0.717) is 36.8 Å². The first-order valence-electron chi connectivity index (χ1n) is 8.66. The number of nitrogens with one attached hydrogen (secondary N) is 1. The molecule has 1 aromatic carbocycles. The van der Waals surface area contributed by atoms with Gasteiger partial charge in [0.15, 0.2) is 0 Å². The molecule has 25 heavy (non-hydrogen) atoms. The van der Waals surface area contributed by atoms with Gasteiger partial charge in [0.25, 0.3) is 5.91 Å². The molecule has 1 saturated heterocycles. The van der Waals surface area contributed by atoms with Gasteiger partial charge >= 0.3 is 0 Å². The third-order valence-electron chi connectivity index (χ3n) is 4.91. The van der Waals surface area contributed by atoms with Crippen molar-refractivity contribution in [3.05, 3.63) is 29.3 Å². The predicted molar refractivity (Wildman–Crippen MR) is 89.4 cm³/mol. The molecular weight excluding hydrogens is 324 g/mol. The van der Waals surface area contributed by atoms with E-state index in [9.17, 15) is 9.59 Å². The maximum Gasteiger partial charge on any atom is 0.274 e. The van der Waals surface area contributed by atoms with Gasteiger partial charge in [0.1, 0.15) is 12.4 Å². The molecule has 3 rings (SSSR count). The summed E-state index contributed by atoms with van der Waals surface area (Å²) in [5, 5.41) is 8.76. The highest BCUT2D eigenvalue weighted by atomic mass is 16.5. The standard InChI is InChI=1S/C18H24N2O5/c1-12-11-25-16-9-14(18(22)19-23)2-3-15(16)10-20(12)17(21)8-13-4-6-24-7-5-13/h2-3,9,12-13,23H,4-8,10-11H2,1H3,(H,19,22). The zero-order valence-electron chi connectivity index (χ0n) is 14.4. The van der Waals surface area contributed by atoms with E-state index < -0.39 is 5.91 Å². The van der Waals surface area contributed by atoms with Crippen LogP contribution in [0.25, 0.3) is 0 Å². The van der Waals surface area contributed by atoms with Crippen LogP contribution in [0, 0.1) is 5.92 Å². The van der Waals surface area contributed by atoms with Crippen molar-refractivity contribution < 1.29 is 24.3 Å². The molecule has 2 aliphatic heterocycles. The monoisotopic (exact) mass is 348 g/mol. The Bertz CT molecular complexity index is 642. The van der Waals surface area contributed by atoms with Crippen molar-refractivity contribution in [1.29, 1.82) is 0 Å². The molecule has 1 aromatic rings. The number of hydrogen-bond acceptors (Lipinski definition) is 5. The molecule has 0 aliphatic carbocycles. The Morgan fingerprint density at radius 2 is 2.08 bits per heavy atom. The molecule has 1 atom stereocenters. The van der Waals surface area contributed by atoms with Crippen molar-refractivity contribution in [2.24, 2.45) is 5.92 Å². The first-order chi connectivity index (χ1) is 12.1. The van der Waals surface area contributed by atoms with E-state index in [1.165, 1.54) is 0 Å². The largest absolute Gasteiger partial charge is 0.491 e. The summed E-state index contributed by atoms with van der Waals surface area (Å²) in [6.07, 6.45) is 2.40. The summed E-state index contributed by atoms with van der Waals surface area (Å²) in [6.45, 7) is 4.26. The van der Waals surface area contributed by atoms with Gasteiger partial charge in [0.2, 0.25) is 5.91 Å². The van der Waals surface area contributed by atoms with Crippen LogP contribution in [0.15, 0.2) is 18.2 Å². The van der Waals surface area contributed by atoms with Crippen LogP contribution in [-0.2, 0) is 16.1 Å². The first-order valence-corrected chi connectivity index (χ1v) is 8.66. The molecule has 0 spiro atoms. The first kappa shape index (κ1) is 17.7. The molecule has 0 saturated carbocycles. The van der Waals surface area contributed by atoms with E-state index in [1.807, 2.05) is 11.8 Å². The quantitative estimate of drug-likeness (QED) is 0.642. The van der Waals surface area contributed by atoms with Crippen LogP contribution < -0.4 is 10.2 Å². The minimum absolute atomic E-state index is 0.0464. The van der Waals surface area contributed by atoms with Crippen molar-refractivity contribution in [3.63, 3.8) is 0 Å². The number of fused-ring (bicyclic) bond motifs is 1. The number of ether oxygens (including phenoxy) is 2. The number of amides is 2. The lowest BCUT2D eigenvalue weighted by molar-refractivity contribution is -0.135. The Kier molecular flexibility index (Phi) is 5.55. The topological polar surface area (TPSA) is 88.1 Å². The number of hydrogen-bond donors (Lipinski definition) is 2. The fraction of sp³-hybridized carbons (Fsp3) is 0.556. The van der Waals surface area contributed by atoms with Gasteiger partial charge in [0, 0.05) is 37.3 Å². The Labute approximate surface area is 146 Å². The Morgan fingerprint density at radius 3 is 2.80 bits per heavy atom. The predicted octanol–water partition coefficient (Wildman–Crippen LogP) is 1.73. The molecule has 0 bridgehead atoms. The molecule has 136 valence electrons. The average Bonchev–Trinajstić information content (AvgIpc) is 2.80. The lowest BCUT2D eigenvalue weighted by Crippen LogP contribution is -2.41. The van der Waals surface area contributed by atoms with Gasteiger partial charge < -0.3 is 14.4 Å². The van der Waals surface area contributed by atoms with E-state index >= 15 is 0 Å². The number of rotatable bonds is 3. The minimum atomic E-state index is -0.587. The fourth-order valence-corrected chi connectivity index (χ4v) is 3.31. The fourth-order valence-electron chi connectivity index (χ4n) is 3.31. The second-order valence-electron chi connectivity index (χ2n) is 6.70. The summed E-state index contributed by atoms with van der Waals surface area (Å²) >= 11 is 0. The summed E-state index contributed by atoms with van der Waals surface area (Å²) < 4.78 is 11.1. The lowest BCUT2D eigenvalue weighted by atomic mass is 9.95. The highest BCUT2D eigenvalue weighted by molar-refractivity contribution is 5.93. The van der Waals surface area contributed by atoms with Crippen LogP contribution >= 0.6 is 0 Å². The van der Waals surface area contributed by atoms with Crippen LogP contribution in [-0.4, -0.2) is 47.8 Å². The molecule has 2 amide bonds. The van der Waals surface area contributed by atoms with Crippen LogP contribution in [0.4, 0.5) is 0 Å². The van der Waals surface area contributed by atoms with E-state index in [-0.39, 0.29) is 11.9 Å². The smallest absolute Gasteiger partial charge is 0.274 e. The van der Waals surface area contributed by atoms with E-state index in [1.54, 1.807) is 23.7 Å². The summed E-state index contributed by atoms with van der Waals surface area (Å²) in [5.41, 5.74) is 2.79. The second-order valence-corrected chi connectivity index (χ2v) is 6.70. The maximum atomic E-state index is 12.8. The van der Waals surface area contributed by atoms with E-state index in [0.717, 1.165) is 31.6 Å². The average molecular weight is 348 g/mol. The molecule has 0 radical (unpaired) electrons. The lowest BCUT2D eigenvalue weighted by Gasteiger charge is -2.29. The Morgan fingerprint density at radius 1 is 1.32 bits per heavy atom. The Hall–Kier alpha value is -2.12. The molecule has 2 N–H and O–H groups in total. The molecule has 7 nitrogen and oxygen atoms in total. The van der Waals surface area contributed by atoms with Gasteiger partial charge in [-0.1, -0.05) is 6.07 Å². The highest BCUT2D eigenvalue weighted by Gasteiger charge is 2.28. The molecule has 1 unspecified atom stereocenters. The summed E-state index contributed by atoms with van der Waals surface area (Å²) in [7, 11) is 0. The van der Waals surface area contributed by atoms with Crippen molar-refractivity contribution >= 4 is 11.8 Å². The van der Waals surface area contributed by atoms with Gasteiger partial charge in [-0.25, -0.2) is 5.48 Å². The SMILES string of the molecule is CC1COc2cc(C(=O)NO)ccc2CN1C(=O)CC1CCOCC1. The van der Waals surface area contributed by atoms with E-state index in [4.69, 9.17) is 14.7 Å². The number of carbonyl (C=O) groups is 2. The van der Waals surface area contributed by atoms with Crippen molar-refractivity contribution in [2.45, 2.75) is 38.8 Å². The van der Waals surface area contributed by atoms with Crippen LogP contribution in [0.1, 0.15) is 42.1 Å². The zero-order chi connectivity index (χ0) is 17.8.